The van der Waals surface area contributed by atoms with Crippen molar-refractivity contribution in [1.29, 1.82) is 0 Å². The number of piperidine rings is 1. The molecule has 1 fully saturated rings. The smallest absolute Gasteiger partial charge is 0.321 e. The van der Waals surface area contributed by atoms with Gasteiger partial charge in [0.2, 0.25) is 5.88 Å². The molecule has 2 amide bonds. The second-order valence-corrected chi connectivity index (χ2v) is 6.27. The number of fused-ring (bicyclic) bond motifs is 1. The molecule has 7 nitrogen and oxygen atoms in total. The quantitative estimate of drug-likeness (QED) is 0.778. The van der Waals surface area contributed by atoms with Gasteiger partial charge >= 0.3 is 6.03 Å². The van der Waals surface area contributed by atoms with E-state index in [1.165, 1.54) is 7.11 Å². The van der Waals surface area contributed by atoms with Gasteiger partial charge in [-0.15, -0.1) is 0 Å². The molecule has 1 aliphatic heterocycles. The number of urea groups is 1. The van der Waals surface area contributed by atoms with Crippen molar-refractivity contribution in [3.63, 3.8) is 0 Å². The lowest BCUT2D eigenvalue weighted by Crippen LogP contribution is -2.40. The molecule has 7 heteroatoms. The lowest BCUT2D eigenvalue weighted by Gasteiger charge is -2.30. The average molecular weight is 352 g/mol. The van der Waals surface area contributed by atoms with Crippen LogP contribution >= 0.6 is 0 Å². The third-order valence-corrected chi connectivity index (χ3v) is 4.65. The van der Waals surface area contributed by atoms with E-state index in [1.54, 1.807) is 23.2 Å². The number of anilines is 1. The van der Waals surface area contributed by atoms with Gasteiger partial charge in [0.25, 0.3) is 0 Å². The average Bonchev–Trinajstić information content (AvgIpc) is 3.13. The van der Waals surface area contributed by atoms with Crippen LogP contribution in [0.5, 0.6) is 5.88 Å². The fourth-order valence-electron chi connectivity index (χ4n) is 3.24. The van der Waals surface area contributed by atoms with Crippen LogP contribution in [-0.4, -0.2) is 41.1 Å². The Morgan fingerprint density at radius 2 is 2.04 bits per heavy atom. The van der Waals surface area contributed by atoms with Crippen molar-refractivity contribution in [2.45, 2.75) is 18.8 Å². The van der Waals surface area contributed by atoms with Crippen LogP contribution in [0.25, 0.3) is 11.1 Å². The molecule has 0 spiro atoms. The van der Waals surface area contributed by atoms with E-state index in [4.69, 9.17) is 9.15 Å². The van der Waals surface area contributed by atoms with Gasteiger partial charge in [-0.25, -0.2) is 14.8 Å². The first-order chi connectivity index (χ1) is 12.7. The van der Waals surface area contributed by atoms with Gasteiger partial charge in [0, 0.05) is 25.2 Å². The summed E-state index contributed by atoms with van der Waals surface area (Å²) in [4.78, 5) is 23.0. The van der Waals surface area contributed by atoms with Gasteiger partial charge < -0.3 is 19.4 Å². The molecule has 1 saturated heterocycles. The van der Waals surface area contributed by atoms with Gasteiger partial charge in [-0.05, 0) is 37.1 Å². The number of para-hydroxylation sites is 2. The van der Waals surface area contributed by atoms with E-state index in [2.05, 4.69) is 15.3 Å². The van der Waals surface area contributed by atoms with E-state index in [9.17, 15) is 4.79 Å². The number of nitrogens with one attached hydrogen (secondary N) is 1. The molecule has 1 aromatic carbocycles. The van der Waals surface area contributed by atoms with Crippen molar-refractivity contribution < 1.29 is 13.9 Å². The topological polar surface area (TPSA) is 80.5 Å². The van der Waals surface area contributed by atoms with Crippen molar-refractivity contribution in [1.82, 2.24) is 14.9 Å². The maximum atomic E-state index is 12.5. The summed E-state index contributed by atoms with van der Waals surface area (Å²) in [5.41, 5.74) is 2.26. The molecule has 1 N–H and O–H groups in total. The van der Waals surface area contributed by atoms with E-state index in [-0.39, 0.29) is 11.9 Å². The van der Waals surface area contributed by atoms with Crippen LogP contribution < -0.4 is 10.1 Å². The SMILES string of the molecule is COc1ncccc1NC(=O)N1CCC(c2nc3ccccc3o2)CC1. The molecule has 0 atom stereocenters. The Kier molecular flexibility index (Phi) is 4.43. The molecule has 3 heterocycles. The van der Waals surface area contributed by atoms with Crippen LogP contribution in [0.4, 0.5) is 10.5 Å². The molecule has 0 bridgehead atoms. The zero-order valence-electron chi connectivity index (χ0n) is 14.5. The first-order valence-corrected chi connectivity index (χ1v) is 8.65. The highest BCUT2D eigenvalue weighted by atomic mass is 16.5. The number of pyridine rings is 1. The molecule has 1 aliphatic rings. The molecule has 26 heavy (non-hydrogen) atoms. The maximum absolute atomic E-state index is 12.5. The molecule has 134 valence electrons. The Bertz CT molecular complexity index is 883. The second kappa shape index (κ2) is 7.03. The maximum Gasteiger partial charge on any atom is 0.321 e. The lowest BCUT2D eigenvalue weighted by molar-refractivity contribution is 0.190. The number of aromatic nitrogens is 2. The summed E-state index contributed by atoms with van der Waals surface area (Å²) < 4.78 is 11.0. The summed E-state index contributed by atoms with van der Waals surface area (Å²) in [5, 5.41) is 2.87. The number of hydrogen-bond acceptors (Lipinski definition) is 5. The largest absolute Gasteiger partial charge is 0.480 e. The van der Waals surface area contributed by atoms with Gasteiger partial charge in [-0.1, -0.05) is 12.1 Å². The summed E-state index contributed by atoms with van der Waals surface area (Å²) in [5.74, 6) is 1.40. The van der Waals surface area contributed by atoms with Gasteiger partial charge in [-0.2, -0.15) is 0 Å². The van der Waals surface area contributed by atoms with Gasteiger partial charge in [0.15, 0.2) is 11.5 Å². The highest BCUT2D eigenvalue weighted by Gasteiger charge is 2.27. The van der Waals surface area contributed by atoms with Crippen molar-refractivity contribution >= 4 is 22.8 Å². The van der Waals surface area contributed by atoms with Crippen LogP contribution in [0.2, 0.25) is 0 Å². The minimum Gasteiger partial charge on any atom is -0.480 e. The van der Waals surface area contributed by atoms with E-state index >= 15 is 0 Å². The van der Waals surface area contributed by atoms with E-state index < -0.39 is 0 Å². The number of hydrogen-bond donors (Lipinski definition) is 1. The first-order valence-electron chi connectivity index (χ1n) is 8.65. The fourth-order valence-corrected chi connectivity index (χ4v) is 3.24. The van der Waals surface area contributed by atoms with Crippen molar-refractivity contribution in [2.24, 2.45) is 0 Å². The summed E-state index contributed by atoms with van der Waals surface area (Å²) >= 11 is 0. The van der Waals surface area contributed by atoms with E-state index in [0.717, 1.165) is 29.8 Å². The third-order valence-electron chi connectivity index (χ3n) is 4.65. The summed E-state index contributed by atoms with van der Waals surface area (Å²) in [6.07, 6.45) is 3.27. The number of amides is 2. The molecule has 0 radical (unpaired) electrons. The Labute approximate surface area is 151 Å². The Balaban J connectivity index is 1.39. The van der Waals surface area contributed by atoms with Crippen molar-refractivity contribution in [2.75, 3.05) is 25.5 Å². The summed E-state index contributed by atoms with van der Waals surface area (Å²) in [6.45, 7) is 1.30. The van der Waals surface area contributed by atoms with E-state index in [0.29, 0.717) is 24.7 Å². The Hall–Kier alpha value is -3.09. The van der Waals surface area contributed by atoms with Gasteiger partial charge in [0.05, 0.1) is 7.11 Å². The normalized spacial score (nSPS) is 15.2. The van der Waals surface area contributed by atoms with Crippen LogP contribution in [0.3, 0.4) is 0 Å². The molecule has 3 aromatic rings. The highest BCUT2D eigenvalue weighted by Crippen LogP contribution is 2.30. The molecule has 0 saturated carbocycles. The Morgan fingerprint density at radius 3 is 2.81 bits per heavy atom. The molecule has 0 aliphatic carbocycles. The standard InChI is InChI=1S/C19H20N4O3/c1-25-18-15(6-4-10-20-18)22-19(24)23-11-8-13(9-12-23)17-21-14-5-2-3-7-16(14)26-17/h2-7,10,13H,8-9,11-12H2,1H3,(H,22,24). The highest BCUT2D eigenvalue weighted by molar-refractivity contribution is 5.90. The number of rotatable bonds is 3. The van der Waals surface area contributed by atoms with Crippen LogP contribution in [0, 0.1) is 0 Å². The van der Waals surface area contributed by atoms with Crippen molar-refractivity contribution in [3.05, 3.63) is 48.5 Å². The molecule has 0 unspecified atom stereocenters. The zero-order chi connectivity index (χ0) is 17.9. The number of oxazole rings is 1. The number of benzene rings is 1. The first kappa shape index (κ1) is 16.4. The lowest BCUT2D eigenvalue weighted by atomic mass is 9.97. The number of carbonyl (C=O) groups is 1. The predicted molar refractivity (Wildman–Crippen MR) is 97.4 cm³/mol. The van der Waals surface area contributed by atoms with E-state index in [1.807, 2.05) is 24.3 Å². The summed E-state index contributed by atoms with van der Waals surface area (Å²) in [7, 11) is 1.53. The second-order valence-electron chi connectivity index (χ2n) is 6.27. The molecule has 2 aromatic heterocycles. The van der Waals surface area contributed by atoms with Gasteiger partial charge in [0.1, 0.15) is 11.2 Å². The van der Waals surface area contributed by atoms with Gasteiger partial charge in [-0.3, -0.25) is 0 Å². The number of ether oxygens (including phenoxy) is 1. The predicted octanol–water partition coefficient (Wildman–Crippen LogP) is 3.64. The van der Waals surface area contributed by atoms with Crippen LogP contribution in [0.1, 0.15) is 24.7 Å². The van der Waals surface area contributed by atoms with Crippen molar-refractivity contribution in [3.8, 4) is 5.88 Å². The molecular formula is C19H20N4O3. The Morgan fingerprint density at radius 1 is 1.23 bits per heavy atom. The number of methoxy groups -OCH3 is 1. The number of likely N-dealkylation sites (tertiary alicyclic amines) is 1. The fraction of sp³-hybridized carbons (Fsp3) is 0.316. The number of nitrogens with zero attached hydrogens (tertiary/aromatic N) is 3. The number of carbonyl (C=O) groups excluding carboxylic acids is 1. The molecular weight excluding hydrogens is 332 g/mol. The summed E-state index contributed by atoms with van der Waals surface area (Å²) in [6, 6.07) is 11.2. The minimum absolute atomic E-state index is 0.146. The minimum atomic E-state index is -0.146. The monoisotopic (exact) mass is 352 g/mol. The molecule has 4 rings (SSSR count). The van der Waals surface area contributed by atoms with Crippen LogP contribution in [-0.2, 0) is 0 Å². The zero-order valence-corrected chi connectivity index (χ0v) is 14.5. The van der Waals surface area contributed by atoms with Crippen LogP contribution in [0.15, 0.2) is 47.0 Å². The third kappa shape index (κ3) is 3.20.